The molecule has 0 aliphatic heterocycles. The third kappa shape index (κ3) is 3.79. The van der Waals surface area contributed by atoms with Crippen LogP contribution < -0.4 is 5.73 Å². The topological polar surface area (TPSA) is 52.3 Å². The maximum Gasteiger partial charge on any atom is 0.306 e. The summed E-state index contributed by atoms with van der Waals surface area (Å²) in [5.41, 5.74) is 5.99. The van der Waals surface area contributed by atoms with Crippen molar-refractivity contribution in [1.82, 2.24) is 0 Å². The van der Waals surface area contributed by atoms with Gasteiger partial charge in [0.15, 0.2) is 0 Å². The number of nitrogens with two attached hydrogens (primary N) is 1. The van der Waals surface area contributed by atoms with Crippen LogP contribution in [0.2, 0.25) is 0 Å². The van der Waals surface area contributed by atoms with Crippen LogP contribution in [0.15, 0.2) is 23.1 Å². The van der Waals surface area contributed by atoms with E-state index in [-0.39, 0.29) is 11.8 Å². The molecule has 0 spiro atoms. The van der Waals surface area contributed by atoms with E-state index in [1.807, 2.05) is 0 Å². The van der Waals surface area contributed by atoms with Crippen LogP contribution in [-0.2, 0) is 9.53 Å². The summed E-state index contributed by atoms with van der Waals surface area (Å²) in [7, 11) is 1.35. The lowest BCUT2D eigenvalue weighted by molar-refractivity contribution is -0.140. The van der Waals surface area contributed by atoms with E-state index in [1.165, 1.54) is 31.0 Å². The van der Waals surface area contributed by atoms with Crippen LogP contribution in [0.4, 0.5) is 10.1 Å². The highest BCUT2D eigenvalue weighted by Gasteiger charge is 2.04. The first-order valence-electron chi connectivity index (χ1n) is 4.38. The molecule has 5 heteroatoms. The molecule has 1 rings (SSSR count). The van der Waals surface area contributed by atoms with E-state index in [1.54, 1.807) is 6.07 Å². The molecule has 3 nitrogen and oxygen atoms in total. The molecule has 0 bridgehead atoms. The Bertz CT molecular complexity index is 357. The van der Waals surface area contributed by atoms with Gasteiger partial charge in [-0.05, 0) is 18.2 Å². The summed E-state index contributed by atoms with van der Waals surface area (Å²) in [5.74, 6) is -0.0457. The lowest BCUT2D eigenvalue weighted by atomic mass is 10.3. The molecule has 2 N–H and O–H groups in total. The summed E-state index contributed by atoms with van der Waals surface area (Å²) in [5, 5.41) is 0. The molecule has 1 aromatic carbocycles. The van der Waals surface area contributed by atoms with Crippen LogP contribution in [0, 0.1) is 5.82 Å². The van der Waals surface area contributed by atoms with Gasteiger partial charge in [0.1, 0.15) is 5.82 Å². The highest BCUT2D eigenvalue weighted by Crippen LogP contribution is 2.25. The van der Waals surface area contributed by atoms with Crippen molar-refractivity contribution in [3.8, 4) is 0 Å². The molecule has 0 aliphatic carbocycles. The summed E-state index contributed by atoms with van der Waals surface area (Å²) in [4.78, 5) is 11.6. The van der Waals surface area contributed by atoms with E-state index < -0.39 is 0 Å². The lowest BCUT2D eigenvalue weighted by Crippen LogP contribution is -2.01. The fourth-order valence-electron chi connectivity index (χ4n) is 0.997. The highest BCUT2D eigenvalue weighted by atomic mass is 32.2. The second-order valence-electron chi connectivity index (χ2n) is 2.86. The Hall–Kier alpha value is -1.23. The number of benzene rings is 1. The molecular formula is C10H12FNO2S. The predicted octanol–water partition coefficient (Wildman–Crippen LogP) is 2.06. The Morgan fingerprint density at radius 2 is 2.33 bits per heavy atom. The number of nitrogen functional groups attached to an aromatic ring is 1. The molecule has 0 radical (unpaired) electrons. The number of esters is 1. The van der Waals surface area contributed by atoms with Gasteiger partial charge in [0.05, 0.1) is 13.5 Å². The number of ether oxygens (including phenoxy) is 1. The fourth-order valence-corrected chi connectivity index (χ4v) is 1.88. The van der Waals surface area contributed by atoms with Crippen LogP contribution in [0.5, 0.6) is 0 Å². The first kappa shape index (κ1) is 11.8. The van der Waals surface area contributed by atoms with E-state index in [0.717, 1.165) is 4.90 Å². The van der Waals surface area contributed by atoms with E-state index >= 15 is 0 Å². The van der Waals surface area contributed by atoms with E-state index in [2.05, 4.69) is 4.74 Å². The van der Waals surface area contributed by atoms with E-state index in [0.29, 0.717) is 17.9 Å². The number of halogens is 1. The van der Waals surface area contributed by atoms with Crippen LogP contribution in [0.3, 0.4) is 0 Å². The Labute approximate surface area is 91.8 Å². The summed E-state index contributed by atoms with van der Waals surface area (Å²) in [6.45, 7) is 0. The molecule has 1 aromatic rings. The molecule has 0 fully saturated rings. The molecule has 15 heavy (non-hydrogen) atoms. The third-order valence-corrected chi connectivity index (χ3v) is 2.85. The summed E-state index contributed by atoms with van der Waals surface area (Å²) in [6.07, 6.45) is 0.317. The van der Waals surface area contributed by atoms with Crippen LogP contribution in [0.25, 0.3) is 0 Å². The monoisotopic (exact) mass is 229 g/mol. The third-order valence-electron chi connectivity index (χ3n) is 1.76. The molecule has 82 valence electrons. The zero-order valence-electron chi connectivity index (χ0n) is 8.33. The molecule has 0 atom stereocenters. The Morgan fingerprint density at radius 1 is 1.60 bits per heavy atom. The Kier molecular flexibility index (Phi) is 4.42. The summed E-state index contributed by atoms with van der Waals surface area (Å²) >= 11 is 1.41. The van der Waals surface area contributed by atoms with Gasteiger partial charge in [-0.3, -0.25) is 4.79 Å². The number of carbonyl (C=O) groups is 1. The Balaban J connectivity index is 2.47. The van der Waals surface area contributed by atoms with Gasteiger partial charge in [-0.1, -0.05) is 0 Å². The molecule has 0 saturated heterocycles. The van der Waals surface area contributed by atoms with Crippen molar-refractivity contribution in [3.05, 3.63) is 24.0 Å². The van der Waals surface area contributed by atoms with Crippen molar-refractivity contribution < 1.29 is 13.9 Å². The zero-order valence-corrected chi connectivity index (χ0v) is 9.14. The SMILES string of the molecule is COC(=O)CCSc1ccc(F)cc1N. The van der Waals surface area contributed by atoms with Crippen molar-refractivity contribution in [1.29, 1.82) is 0 Å². The minimum atomic E-state index is -0.357. The molecule has 0 amide bonds. The number of hydrogen-bond acceptors (Lipinski definition) is 4. The van der Waals surface area contributed by atoms with Crippen molar-refractivity contribution in [2.24, 2.45) is 0 Å². The molecular weight excluding hydrogens is 217 g/mol. The first-order valence-corrected chi connectivity index (χ1v) is 5.36. The average Bonchev–Trinajstić information content (AvgIpc) is 2.21. The highest BCUT2D eigenvalue weighted by molar-refractivity contribution is 7.99. The number of carbonyl (C=O) groups excluding carboxylic acids is 1. The summed E-state index contributed by atoms with van der Waals surface area (Å²) in [6, 6.07) is 4.21. The average molecular weight is 229 g/mol. The number of hydrogen-bond donors (Lipinski definition) is 1. The maximum atomic E-state index is 12.7. The minimum Gasteiger partial charge on any atom is -0.469 e. The molecule has 0 aromatic heterocycles. The largest absolute Gasteiger partial charge is 0.469 e. The minimum absolute atomic E-state index is 0.261. The molecule has 0 unspecified atom stereocenters. The fraction of sp³-hybridized carbons (Fsp3) is 0.300. The maximum absolute atomic E-state index is 12.7. The Morgan fingerprint density at radius 3 is 2.93 bits per heavy atom. The predicted molar refractivity (Wildman–Crippen MR) is 58.2 cm³/mol. The molecule has 0 aliphatic rings. The van der Waals surface area contributed by atoms with E-state index in [9.17, 15) is 9.18 Å². The summed E-state index contributed by atoms with van der Waals surface area (Å²) < 4.78 is 17.2. The van der Waals surface area contributed by atoms with E-state index in [4.69, 9.17) is 5.73 Å². The number of anilines is 1. The second kappa shape index (κ2) is 5.60. The molecule has 0 heterocycles. The van der Waals surface area contributed by atoms with Crippen molar-refractivity contribution >= 4 is 23.4 Å². The van der Waals surface area contributed by atoms with Gasteiger partial charge in [-0.25, -0.2) is 4.39 Å². The van der Waals surface area contributed by atoms with Crippen molar-refractivity contribution in [3.63, 3.8) is 0 Å². The smallest absolute Gasteiger partial charge is 0.306 e. The van der Waals surface area contributed by atoms with Crippen LogP contribution >= 0.6 is 11.8 Å². The van der Waals surface area contributed by atoms with Gasteiger partial charge in [-0.2, -0.15) is 0 Å². The van der Waals surface area contributed by atoms with Gasteiger partial charge >= 0.3 is 5.97 Å². The van der Waals surface area contributed by atoms with Crippen LogP contribution in [-0.4, -0.2) is 18.8 Å². The van der Waals surface area contributed by atoms with Gasteiger partial charge in [-0.15, -0.1) is 11.8 Å². The standard InChI is InChI=1S/C10H12FNO2S/c1-14-10(13)4-5-15-9-3-2-7(11)6-8(9)12/h2-3,6H,4-5,12H2,1H3. The normalized spacial score (nSPS) is 10.0. The lowest BCUT2D eigenvalue weighted by Gasteiger charge is -2.04. The van der Waals surface area contributed by atoms with Crippen molar-refractivity contribution in [2.45, 2.75) is 11.3 Å². The first-order chi connectivity index (χ1) is 7.13. The van der Waals surface area contributed by atoms with Gasteiger partial charge in [0, 0.05) is 16.3 Å². The molecule has 0 saturated carbocycles. The van der Waals surface area contributed by atoms with Gasteiger partial charge < -0.3 is 10.5 Å². The van der Waals surface area contributed by atoms with Crippen LogP contribution in [0.1, 0.15) is 6.42 Å². The zero-order chi connectivity index (χ0) is 11.3. The second-order valence-corrected chi connectivity index (χ2v) is 3.99. The number of rotatable bonds is 4. The van der Waals surface area contributed by atoms with Crippen molar-refractivity contribution in [2.75, 3.05) is 18.6 Å². The quantitative estimate of drug-likeness (QED) is 0.488. The van der Waals surface area contributed by atoms with Gasteiger partial charge in [0.25, 0.3) is 0 Å². The number of thioether (sulfide) groups is 1. The number of methoxy groups -OCH3 is 1. The van der Waals surface area contributed by atoms with Gasteiger partial charge in [0.2, 0.25) is 0 Å².